The first-order chi connectivity index (χ1) is 10.8. The molecule has 0 radical (unpaired) electrons. The molecule has 0 saturated carbocycles. The Hall–Kier alpha value is -2.21. The van der Waals surface area contributed by atoms with Crippen LogP contribution in [0.1, 0.15) is 36.8 Å². The number of hydrogen-bond donors (Lipinski definition) is 2. The van der Waals surface area contributed by atoms with Gasteiger partial charge in [-0.1, -0.05) is 13.8 Å². The molecule has 0 aliphatic carbocycles. The van der Waals surface area contributed by atoms with Crippen LogP contribution in [0.4, 0.5) is 4.39 Å². The van der Waals surface area contributed by atoms with E-state index in [4.69, 9.17) is 5.73 Å². The van der Waals surface area contributed by atoms with E-state index in [9.17, 15) is 9.18 Å². The van der Waals surface area contributed by atoms with Crippen LogP contribution in [0.15, 0.2) is 30.5 Å². The first-order valence-electron chi connectivity index (χ1n) is 7.61. The van der Waals surface area contributed by atoms with Crippen molar-refractivity contribution in [2.75, 3.05) is 6.54 Å². The standard InChI is InChI=1S/C17H23FN4O/c1-11(2)17(4,10-19)21-16(23)15-9-20-22(12(15)3)14-7-5-13(18)6-8-14/h5-9,11H,10,19H2,1-4H3,(H,21,23). The molecule has 1 aromatic carbocycles. The van der Waals surface area contributed by atoms with Crippen LogP contribution in [0.3, 0.4) is 0 Å². The minimum Gasteiger partial charge on any atom is -0.345 e. The summed E-state index contributed by atoms with van der Waals surface area (Å²) in [6, 6.07) is 5.96. The van der Waals surface area contributed by atoms with Crippen molar-refractivity contribution >= 4 is 5.91 Å². The van der Waals surface area contributed by atoms with E-state index < -0.39 is 5.54 Å². The van der Waals surface area contributed by atoms with Gasteiger partial charge in [-0.05, 0) is 44.0 Å². The van der Waals surface area contributed by atoms with Crippen LogP contribution in [0.2, 0.25) is 0 Å². The van der Waals surface area contributed by atoms with Crippen molar-refractivity contribution < 1.29 is 9.18 Å². The number of nitrogens with one attached hydrogen (secondary N) is 1. The summed E-state index contributed by atoms with van der Waals surface area (Å²) in [6.45, 7) is 8.11. The summed E-state index contributed by atoms with van der Waals surface area (Å²) < 4.78 is 14.6. The molecule has 1 heterocycles. The minimum absolute atomic E-state index is 0.198. The number of halogens is 1. The van der Waals surface area contributed by atoms with E-state index in [0.29, 0.717) is 23.5 Å². The van der Waals surface area contributed by atoms with Gasteiger partial charge in [0, 0.05) is 6.54 Å². The maximum absolute atomic E-state index is 13.0. The summed E-state index contributed by atoms with van der Waals surface area (Å²) >= 11 is 0. The van der Waals surface area contributed by atoms with Gasteiger partial charge in [0.1, 0.15) is 5.82 Å². The third-order valence-corrected chi connectivity index (χ3v) is 4.42. The van der Waals surface area contributed by atoms with Gasteiger partial charge in [0.25, 0.3) is 5.91 Å². The largest absolute Gasteiger partial charge is 0.345 e. The highest BCUT2D eigenvalue weighted by Gasteiger charge is 2.30. The molecule has 3 N–H and O–H groups in total. The lowest BCUT2D eigenvalue weighted by Crippen LogP contribution is -2.55. The second-order valence-electron chi connectivity index (χ2n) is 6.26. The van der Waals surface area contributed by atoms with Gasteiger partial charge in [-0.2, -0.15) is 5.10 Å². The Balaban J connectivity index is 2.28. The monoisotopic (exact) mass is 318 g/mol. The molecule has 0 saturated heterocycles. The van der Waals surface area contributed by atoms with Gasteiger partial charge < -0.3 is 11.1 Å². The Bertz CT molecular complexity index is 693. The summed E-state index contributed by atoms with van der Waals surface area (Å²) in [4.78, 5) is 12.6. The Morgan fingerprint density at radius 2 is 2.00 bits per heavy atom. The first-order valence-corrected chi connectivity index (χ1v) is 7.61. The van der Waals surface area contributed by atoms with E-state index in [1.165, 1.54) is 18.3 Å². The summed E-state index contributed by atoms with van der Waals surface area (Å²) in [7, 11) is 0. The Morgan fingerprint density at radius 1 is 1.39 bits per heavy atom. The predicted octanol–water partition coefficient (Wildman–Crippen LogP) is 2.42. The lowest BCUT2D eigenvalue weighted by molar-refractivity contribution is 0.0882. The van der Waals surface area contributed by atoms with Gasteiger partial charge in [-0.25, -0.2) is 9.07 Å². The highest BCUT2D eigenvalue weighted by molar-refractivity contribution is 5.95. The number of nitrogens with two attached hydrogens (primary N) is 1. The van der Waals surface area contributed by atoms with Crippen molar-refractivity contribution in [2.24, 2.45) is 11.7 Å². The van der Waals surface area contributed by atoms with Crippen molar-refractivity contribution in [1.82, 2.24) is 15.1 Å². The second-order valence-corrected chi connectivity index (χ2v) is 6.26. The SMILES string of the molecule is Cc1c(C(=O)NC(C)(CN)C(C)C)cnn1-c1ccc(F)cc1. The number of carbonyl (C=O) groups excluding carboxylic acids is 1. The molecule has 6 heteroatoms. The molecule has 2 aromatic rings. The van der Waals surface area contributed by atoms with Crippen LogP contribution >= 0.6 is 0 Å². The highest BCUT2D eigenvalue weighted by atomic mass is 19.1. The Morgan fingerprint density at radius 3 is 2.52 bits per heavy atom. The molecule has 23 heavy (non-hydrogen) atoms. The molecule has 2 rings (SSSR count). The molecule has 0 bridgehead atoms. The van der Waals surface area contributed by atoms with Crippen molar-refractivity contribution in [3.63, 3.8) is 0 Å². The average Bonchev–Trinajstić information content (AvgIpc) is 2.89. The zero-order valence-electron chi connectivity index (χ0n) is 13.9. The zero-order valence-corrected chi connectivity index (χ0v) is 13.9. The lowest BCUT2D eigenvalue weighted by Gasteiger charge is -2.33. The average molecular weight is 318 g/mol. The van der Waals surface area contributed by atoms with E-state index in [1.807, 2.05) is 20.8 Å². The molecule has 124 valence electrons. The van der Waals surface area contributed by atoms with Crippen molar-refractivity contribution in [1.29, 1.82) is 0 Å². The van der Waals surface area contributed by atoms with E-state index in [2.05, 4.69) is 10.4 Å². The van der Waals surface area contributed by atoms with Crippen LogP contribution in [0.5, 0.6) is 0 Å². The second kappa shape index (κ2) is 6.50. The third kappa shape index (κ3) is 3.42. The normalized spacial score (nSPS) is 13.9. The Kier molecular flexibility index (Phi) is 4.85. The highest BCUT2D eigenvalue weighted by Crippen LogP contribution is 2.18. The molecular formula is C17H23FN4O. The number of benzene rings is 1. The fourth-order valence-electron chi connectivity index (χ4n) is 2.23. The smallest absolute Gasteiger partial charge is 0.255 e. The first kappa shape index (κ1) is 17.1. The summed E-state index contributed by atoms with van der Waals surface area (Å²) in [6.07, 6.45) is 1.52. The number of hydrogen-bond acceptors (Lipinski definition) is 3. The van der Waals surface area contributed by atoms with Gasteiger partial charge in [-0.3, -0.25) is 4.79 Å². The maximum atomic E-state index is 13.0. The van der Waals surface area contributed by atoms with Crippen molar-refractivity contribution in [3.05, 3.63) is 47.5 Å². The van der Waals surface area contributed by atoms with Gasteiger partial charge >= 0.3 is 0 Å². The number of rotatable bonds is 5. The maximum Gasteiger partial charge on any atom is 0.255 e. The van der Waals surface area contributed by atoms with Crippen molar-refractivity contribution in [3.8, 4) is 5.69 Å². The lowest BCUT2D eigenvalue weighted by atomic mass is 9.88. The quantitative estimate of drug-likeness (QED) is 0.889. The van der Waals surface area contributed by atoms with E-state index in [-0.39, 0.29) is 17.6 Å². The number of nitrogens with zero attached hydrogens (tertiary/aromatic N) is 2. The molecular weight excluding hydrogens is 295 g/mol. The summed E-state index contributed by atoms with van der Waals surface area (Å²) in [5.74, 6) is -0.325. The molecule has 0 aliphatic rings. The molecule has 1 unspecified atom stereocenters. The summed E-state index contributed by atoms with van der Waals surface area (Å²) in [5.41, 5.74) is 7.20. The van der Waals surface area contributed by atoms with Crippen LogP contribution in [0.25, 0.3) is 5.69 Å². The van der Waals surface area contributed by atoms with E-state index in [0.717, 1.165) is 0 Å². The molecule has 5 nitrogen and oxygen atoms in total. The van der Waals surface area contributed by atoms with Crippen LogP contribution in [0, 0.1) is 18.7 Å². The number of amides is 1. The van der Waals surface area contributed by atoms with Gasteiger partial charge in [-0.15, -0.1) is 0 Å². The van der Waals surface area contributed by atoms with Crippen LogP contribution < -0.4 is 11.1 Å². The fraction of sp³-hybridized carbons (Fsp3) is 0.412. The third-order valence-electron chi connectivity index (χ3n) is 4.42. The minimum atomic E-state index is -0.485. The van der Waals surface area contributed by atoms with Gasteiger partial charge in [0.15, 0.2) is 0 Å². The topological polar surface area (TPSA) is 72.9 Å². The molecule has 0 fully saturated rings. The van der Waals surface area contributed by atoms with E-state index in [1.54, 1.807) is 23.7 Å². The zero-order chi connectivity index (χ0) is 17.2. The summed E-state index contributed by atoms with van der Waals surface area (Å²) in [5, 5.41) is 7.24. The molecule has 1 amide bonds. The van der Waals surface area contributed by atoms with E-state index >= 15 is 0 Å². The predicted molar refractivity (Wildman–Crippen MR) is 88.0 cm³/mol. The molecule has 0 aliphatic heterocycles. The number of carbonyl (C=O) groups is 1. The fourth-order valence-corrected chi connectivity index (χ4v) is 2.23. The molecule has 0 spiro atoms. The molecule has 1 atom stereocenters. The van der Waals surface area contributed by atoms with Crippen LogP contribution in [-0.2, 0) is 0 Å². The molecule has 1 aromatic heterocycles. The van der Waals surface area contributed by atoms with Gasteiger partial charge in [0.05, 0.1) is 28.7 Å². The van der Waals surface area contributed by atoms with Gasteiger partial charge in [0.2, 0.25) is 0 Å². The Labute approximate surface area is 135 Å². The van der Waals surface area contributed by atoms with Crippen molar-refractivity contribution in [2.45, 2.75) is 33.2 Å². The number of aromatic nitrogens is 2. The van der Waals surface area contributed by atoms with Crippen LogP contribution in [-0.4, -0.2) is 27.8 Å².